The van der Waals surface area contributed by atoms with Crippen LogP contribution in [0.3, 0.4) is 0 Å². The minimum Gasteiger partial charge on any atom is -0.350 e. The Balaban J connectivity index is 1.65. The molecule has 1 atom stereocenters. The molecule has 1 aromatic rings. The summed E-state index contributed by atoms with van der Waals surface area (Å²) < 4.78 is 5.23. The van der Waals surface area contributed by atoms with Gasteiger partial charge in [-0.05, 0) is 32.1 Å². The molecule has 2 aliphatic rings. The molecular formula is C15H21N3O3. The maximum atomic E-state index is 12.3. The number of hydrogen-bond donors (Lipinski definition) is 1. The molecule has 1 aliphatic heterocycles. The summed E-state index contributed by atoms with van der Waals surface area (Å²) in [5.74, 6) is 0.217. The van der Waals surface area contributed by atoms with Crippen LogP contribution in [0.1, 0.15) is 54.4 Å². The summed E-state index contributed by atoms with van der Waals surface area (Å²) in [4.78, 5) is 26.0. The van der Waals surface area contributed by atoms with E-state index in [0.29, 0.717) is 18.7 Å². The van der Waals surface area contributed by atoms with Crippen LogP contribution in [0.5, 0.6) is 0 Å². The first-order valence-corrected chi connectivity index (χ1v) is 7.75. The van der Waals surface area contributed by atoms with Gasteiger partial charge in [-0.1, -0.05) is 12.1 Å². The normalized spacial score (nSPS) is 21.5. The van der Waals surface area contributed by atoms with Gasteiger partial charge in [0.25, 0.3) is 5.91 Å². The van der Waals surface area contributed by atoms with E-state index in [2.05, 4.69) is 10.5 Å². The van der Waals surface area contributed by atoms with Gasteiger partial charge in [-0.3, -0.25) is 9.59 Å². The lowest BCUT2D eigenvalue weighted by Gasteiger charge is -2.16. The van der Waals surface area contributed by atoms with Crippen molar-refractivity contribution in [3.05, 3.63) is 17.0 Å². The van der Waals surface area contributed by atoms with Crippen molar-refractivity contribution in [1.82, 2.24) is 15.4 Å². The van der Waals surface area contributed by atoms with Crippen LogP contribution in [-0.4, -0.2) is 41.0 Å². The Morgan fingerprint density at radius 3 is 3.05 bits per heavy atom. The molecule has 0 unspecified atom stereocenters. The number of fused-ring (bicyclic) bond motifs is 1. The molecule has 2 heterocycles. The van der Waals surface area contributed by atoms with E-state index in [9.17, 15) is 9.59 Å². The van der Waals surface area contributed by atoms with Crippen molar-refractivity contribution in [1.29, 1.82) is 0 Å². The zero-order valence-electron chi connectivity index (χ0n) is 12.4. The Morgan fingerprint density at radius 2 is 2.24 bits per heavy atom. The number of likely N-dealkylation sites (tertiary alicyclic amines) is 1. The van der Waals surface area contributed by atoms with Gasteiger partial charge in [0.2, 0.25) is 11.7 Å². The Morgan fingerprint density at radius 1 is 1.43 bits per heavy atom. The maximum Gasteiger partial charge on any atom is 0.290 e. The number of amides is 2. The van der Waals surface area contributed by atoms with E-state index in [1.54, 1.807) is 4.90 Å². The van der Waals surface area contributed by atoms with E-state index in [0.717, 1.165) is 49.9 Å². The molecule has 6 nitrogen and oxygen atoms in total. The molecule has 0 aromatic carbocycles. The van der Waals surface area contributed by atoms with Gasteiger partial charge in [-0.25, -0.2) is 0 Å². The molecule has 0 radical (unpaired) electrons. The van der Waals surface area contributed by atoms with Gasteiger partial charge < -0.3 is 14.7 Å². The second-order valence-electron chi connectivity index (χ2n) is 5.86. The largest absolute Gasteiger partial charge is 0.350 e. The molecular weight excluding hydrogens is 270 g/mol. The Labute approximate surface area is 123 Å². The van der Waals surface area contributed by atoms with Crippen LogP contribution in [0.15, 0.2) is 4.52 Å². The highest BCUT2D eigenvalue weighted by molar-refractivity contribution is 5.94. The molecule has 1 aromatic heterocycles. The number of rotatable bonds is 4. The van der Waals surface area contributed by atoms with Crippen LogP contribution < -0.4 is 5.32 Å². The summed E-state index contributed by atoms with van der Waals surface area (Å²) in [6.07, 6.45) is 5.22. The Bertz CT molecular complexity index is 552. The first kappa shape index (κ1) is 14.1. The van der Waals surface area contributed by atoms with Crippen molar-refractivity contribution < 1.29 is 14.1 Å². The predicted octanol–water partition coefficient (Wildman–Crippen LogP) is 1.29. The van der Waals surface area contributed by atoms with Crippen molar-refractivity contribution in [2.75, 3.05) is 13.1 Å². The van der Waals surface area contributed by atoms with E-state index in [4.69, 9.17) is 4.52 Å². The lowest BCUT2D eigenvalue weighted by atomic mass is 9.96. The van der Waals surface area contributed by atoms with E-state index in [1.807, 2.05) is 6.92 Å². The summed E-state index contributed by atoms with van der Waals surface area (Å²) in [5.41, 5.74) is 1.87. The van der Waals surface area contributed by atoms with Gasteiger partial charge in [0.05, 0.1) is 11.7 Å². The fraction of sp³-hybridized carbons (Fsp3) is 0.667. The zero-order chi connectivity index (χ0) is 14.8. The van der Waals surface area contributed by atoms with Crippen LogP contribution in [0, 0.1) is 0 Å². The fourth-order valence-electron chi connectivity index (χ4n) is 3.17. The van der Waals surface area contributed by atoms with E-state index >= 15 is 0 Å². The average molecular weight is 291 g/mol. The van der Waals surface area contributed by atoms with Gasteiger partial charge in [0.15, 0.2) is 0 Å². The SMILES string of the molecule is CCCN1C[C@@H](NC(=O)c2onc3c2CCCC3)CC1=O. The van der Waals surface area contributed by atoms with Crippen LogP contribution in [0.4, 0.5) is 0 Å². The summed E-state index contributed by atoms with van der Waals surface area (Å²) in [5, 5.41) is 6.91. The van der Waals surface area contributed by atoms with Crippen LogP contribution in [0.2, 0.25) is 0 Å². The van der Waals surface area contributed by atoms with E-state index in [1.165, 1.54) is 0 Å². The van der Waals surface area contributed by atoms with Gasteiger partial charge in [-0.15, -0.1) is 0 Å². The first-order chi connectivity index (χ1) is 10.2. The molecule has 1 N–H and O–H groups in total. The third kappa shape index (κ3) is 2.80. The quantitative estimate of drug-likeness (QED) is 0.907. The summed E-state index contributed by atoms with van der Waals surface area (Å²) in [6, 6.07) is -0.124. The molecule has 21 heavy (non-hydrogen) atoms. The highest BCUT2D eigenvalue weighted by Gasteiger charge is 2.32. The van der Waals surface area contributed by atoms with E-state index in [-0.39, 0.29) is 17.9 Å². The molecule has 6 heteroatoms. The third-order valence-electron chi connectivity index (χ3n) is 4.21. The number of carbonyl (C=O) groups excluding carboxylic acids is 2. The first-order valence-electron chi connectivity index (χ1n) is 7.75. The number of carbonyl (C=O) groups is 2. The van der Waals surface area contributed by atoms with Crippen molar-refractivity contribution in [3.8, 4) is 0 Å². The molecule has 114 valence electrons. The van der Waals surface area contributed by atoms with Gasteiger partial charge in [0.1, 0.15) is 0 Å². The molecule has 3 rings (SSSR count). The summed E-state index contributed by atoms with van der Waals surface area (Å²) >= 11 is 0. The number of aryl methyl sites for hydroxylation is 1. The topological polar surface area (TPSA) is 75.4 Å². The number of nitrogens with one attached hydrogen (secondary N) is 1. The van der Waals surface area contributed by atoms with Crippen molar-refractivity contribution in [2.24, 2.45) is 0 Å². The smallest absolute Gasteiger partial charge is 0.290 e. The molecule has 0 saturated carbocycles. The zero-order valence-corrected chi connectivity index (χ0v) is 12.4. The van der Waals surface area contributed by atoms with Crippen LogP contribution in [0.25, 0.3) is 0 Å². The van der Waals surface area contributed by atoms with Crippen LogP contribution >= 0.6 is 0 Å². The average Bonchev–Trinajstić information content (AvgIpc) is 3.03. The number of hydrogen-bond acceptors (Lipinski definition) is 4. The summed E-state index contributed by atoms with van der Waals surface area (Å²) in [6.45, 7) is 3.39. The van der Waals surface area contributed by atoms with Gasteiger partial charge in [-0.2, -0.15) is 0 Å². The molecule has 0 spiro atoms. The third-order valence-corrected chi connectivity index (χ3v) is 4.21. The van der Waals surface area contributed by atoms with Gasteiger partial charge >= 0.3 is 0 Å². The Kier molecular flexibility index (Phi) is 3.94. The van der Waals surface area contributed by atoms with Gasteiger partial charge in [0, 0.05) is 25.1 Å². The minimum atomic E-state index is -0.234. The lowest BCUT2D eigenvalue weighted by Crippen LogP contribution is -2.37. The molecule has 1 aliphatic carbocycles. The molecule has 2 amide bonds. The predicted molar refractivity (Wildman–Crippen MR) is 75.9 cm³/mol. The molecule has 1 fully saturated rings. The summed E-state index contributed by atoms with van der Waals surface area (Å²) in [7, 11) is 0. The highest BCUT2D eigenvalue weighted by atomic mass is 16.5. The number of aromatic nitrogens is 1. The Hall–Kier alpha value is -1.85. The fourth-order valence-corrected chi connectivity index (χ4v) is 3.17. The van der Waals surface area contributed by atoms with Crippen molar-refractivity contribution in [3.63, 3.8) is 0 Å². The second-order valence-corrected chi connectivity index (χ2v) is 5.86. The highest BCUT2D eigenvalue weighted by Crippen LogP contribution is 2.24. The monoisotopic (exact) mass is 291 g/mol. The van der Waals surface area contributed by atoms with Crippen molar-refractivity contribution >= 4 is 11.8 Å². The van der Waals surface area contributed by atoms with Crippen LogP contribution in [-0.2, 0) is 17.6 Å². The number of nitrogens with zero attached hydrogens (tertiary/aromatic N) is 2. The molecule has 0 bridgehead atoms. The standard InChI is InChI=1S/C15H21N3O3/c1-2-7-18-9-10(8-13(18)19)16-15(20)14-11-5-3-4-6-12(11)17-21-14/h10H,2-9H2,1H3,(H,16,20)/t10-/m0/s1. The second kappa shape index (κ2) is 5.87. The maximum absolute atomic E-state index is 12.3. The minimum absolute atomic E-state index is 0.113. The molecule has 1 saturated heterocycles. The lowest BCUT2D eigenvalue weighted by molar-refractivity contribution is -0.127. The van der Waals surface area contributed by atoms with E-state index < -0.39 is 0 Å². The van der Waals surface area contributed by atoms with Crippen molar-refractivity contribution in [2.45, 2.75) is 51.5 Å².